The lowest BCUT2D eigenvalue weighted by Gasteiger charge is -2.16. The van der Waals surface area contributed by atoms with Crippen LogP contribution in [0.25, 0.3) is 0 Å². The van der Waals surface area contributed by atoms with Crippen LogP contribution in [-0.2, 0) is 0 Å². The molecule has 2 nitrogen and oxygen atoms in total. The van der Waals surface area contributed by atoms with Crippen molar-refractivity contribution in [1.29, 1.82) is 0 Å². The number of rotatable bonds is 13. The summed E-state index contributed by atoms with van der Waals surface area (Å²) < 4.78 is 0. The number of hydrogen-bond acceptors (Lipinski definition) is 2. The molecule has 0 bridgehead atoms. The molecule has 0 spiro atoms. The third-order valence-corrected chi connectivity index (χ3v) is 3.22. The van der Waals surface area contributed by atoms with Crippen LogP contribution < -0.4 is 11.1 Å². The minimum atomic E-state index is 0.505. The van der Waals surface area contributed by atoms with E-state index in [4.69, 9.17) is 5.73 Å². The zero-order valence-corrected chi connectivity index (χ0v) is 11.7. The first-order chi connectivity index (χ1) is 8.35. The second-order valence-corrected chi connectivity index (χ2v) is 4.87. The average Bonchev–Trinajstić information content (AvgIpc) is 2.35. The van der Waals surface area contributed by atoms with Crippen LogP contribution in [0, 0.1) is 0 Å². The molecule has 0 radical (unpaired) electrons. The van der Waals surface area contributed by atoms with Crippen molar-refractivity contribution in [1.82, 2.24) is 5.32 Å². The second-order valence-electron chi connectivity index (χ2n) is 4.87. The van der Waals surface area contributed by atoms with Crippen LogP contribution in [0.15, 0.2) is 12.7 Å². The van der Waals surface area contributed by atoms with Gasteiger partial charge >= 0.3 is 0 Å². The molecule has 17 heavy (non-hydrogen) atoms. The highest BCUT2D eigenvalue weighted by Crippen LogP contribution is 2.09. The van der Waals surface area contributed by atoms with Crippen LogP contribution >= 0.6 is 0 Å². The molecular weight excluding hydrogens is 208 g/mol. The van der Waals surface area contributed by atoms with Crippen molar-refractivity contribution in [2.45, 2.75) is 70.8 Å². The largest absolute Gasteiger partial charge is 0.329 e. The fraction of sp³-hybridized carbons (Fsp3) is 0.867. The Morgan fingerprint density at radius 3 is 2.35 bits per heavy atom. The van der Waals surface area contributed by atoms with Gasteiger partial charge in [-0.05, 0) is 19.4 Å². The summed E-state index contributed by atoms with van der Waals surface area (Å²) in [5.74, 6) is 0. The van der Waals surface area contributed by atoms with Gasteiger partial charge in [-0.2, -0.15) is 0 Å². The third kappa shape index (κ3) is 11.9. The van der Waals surface area contributed by atoms with Gasteiger partial charge in [-0.1, -0.05) is 57.9 Å². The first-order valence-corrected chi connectivity index (χ1v) is 7.39. The molecule has 0 saturated carbocycles. The van der Waals surface area contributed by atoms with Crippen LogP contribution in [0.5, 0.6) is 0 Å². The molecule has 102 valence electrons. The molecule has 0 aliphatic heterocycles. The summed E-state index contributed by atoms with van der Waals surface area (Å²) in [6.45, 7) is 7.76. The number of unbranched alkanes of at least 4 members (excludes halogenated alkanes) is 6. The number of nitrogens with one attached hydrogen (secondary N) is 1. The van der Waals surface area contributed by atoms with E-state index in [0.717, 1.165) is 19.5 Å². The van der Waals surface area contributed by atoms with E-state index in [-0.39, 0.29) is 0 Å². The van der Waals surface area contributed by atoms with Gasteiger partial charge in [-0.15, -0.1) is 6.58 Å². The van der Waals surface area contributed by atoms with Gasteiger partial charge in [0.15, 0.2) is 0 Å². The predicted molar refractivity (Wildman–Crippen MR) is 78.3 cm³/mol. The molecule has 0 heterocycles. The first-order valence-electron chi connectivity index (χ1n) is 7.39. The molecule has 1 unspecified atom stereocenters. The van der Waals surface area contributed by atoms with E-state index >= 15 is 0 Å². The molecule has 0 saturated heterocycles. The van der Waals surface area contributed by atoms with Crippen LogP contribution in [0.4, 0.5) is 0 Å². The SMILES string of the molecule is C=CCCNC(CN)CCCCCCCCC. The molecule has 0 aromatic heterocycles. The monoisotopic (exact) mass is 240 g/mol. The van der Waals surface area contributed by atoms with E-state index in [0.29, 0.717) is 6.04 Å². The Labute approximate surface area is 108 Å². The molecular formula is C15H32N2. The van der Waals surface area contributed by atoms with Crippen LogP contribution in [0.1, 0.15) is 64.7 Å². The Kier molecular flexibility index (Phi) is 13.4. The van der Waals surface area contributed by atoms with E-state index < -0.39 is 0 Å². The molecule has 0 fully saturated rings. The summed E-state index contributed by atoms with van der Waals surface area (Å²) >= 11 is 0. The highest BCUT2D eigenvalue weighted by Gasteiger charge is 2.04. The van der Waals surface area contributed by atoms with E-state index in [2.05, 4.69) is 18.8 Å². The molecule has 2 heteroatoms. The van der Waals surface area contributed by atoms with Crippen molar-refractivity contribution in [3.8, 4) is 0 Å². The predicted octanol–water partition coefficient (Wildman–Crippen LogP) is 3.62. The maximum Gasteiger partial charge on any atom is 0.0190 e. The highest BCUT2D eigenvalue weighted by molar-refractivity contribution is 4.72. The summed E-state index contributed by atoms with van der Waals surface area (Å²) in [7, 11) is 0. The third-order valence-electron chi connectivity index (χ3n) is 3.22. The Morgan fingerprint density at radius 2 is 1.76 bits per heavy atom. The average molecular weight is 240 g/mol. The molecule has 0 aromatic rings. The summed E-state index contributed by atoms with van der Waals surface area (Å²) in [5.41, 5.74) is 5.75. The minimum Gasteiger partial charge on any atom is -0.329 e. The van der Waals surface area contributed by atoms with Crippen molar-refractivity contribution in [2.75, 3.05) is 13.1 Å². The van der Waals surface area contributed by atoms with Crippen LogP contribution in [0.3, 0.4) is 0 Å². The fourth-order valence-electron chi connectivity index (χ4n) is 2.04. The Morgan fingerprint density at radius 1 is 1.12 bits per heavy atom. The van der Waals surface area contributed by atoms with Crippen molar-refractivity contribution in [2.24, 2.45) is 5.73 Å². The summed E-state index contributed by atoms with van der Waals surface area (Å²) in [5, 5.41) is 3.49. The number of nitrogens with two attached hydrogens (primary N) is 1. The van der Waals surface area contributed by atoms with Gasteiger partial charge in [0.25, 0.3) is 0 Å². The summed E-state index contributed by atoms with van der Waals surface area (Å²) in [6.07, 6.45) is 13.8. The van der Waals surface area contributed by atoms with Gasteiger partial charge in [0.1, 0.15) is 0 Å². The Balaban J connectivity index is 3.27. The normalized spacial score (nSPS) is 12.6. The Bertz CT molecular complexity index is 157. The standard InChI is InChI=1S/C15H32N2/c1-3-5-7-8-9-10-11-12-15(14-16)17-13-6-4-2/h4,15,17H,2-3,5-14,16H2,1H3. The summed E-state index contributed by atoms with van der Waals surface area (Å²) in [6, 6.07) is 0.505. The maximum absolute atomic E-state index is 5.75. The lowest BCUT2D eigenvalue weighted by Crippen LogP contribution is -2.36. The Hall–Kier alpha value is -0.340. The van der Waals surface area contributed by atoms with Gasteiger partial charge in [-0.25, -0.2) is 0 Å². The summed E-state index contributed by atoms with van der Waals surface area (Å²) in [4.78, 5) is 0. The van der Waals surface area contributed by atoms with Crippen LogP contribution in [-0.4, -0.2) is 19.1 Å². The van der Waals surface area contributed by atoms with E-state index in [1.165, 1.54) is 51.4 Å². The molecule has 0 aromatic carbocycles. The lowest BCUT2D eigenvalue weighted by molar-refractivity contribution is 0.461. The van der Waals surface area contributed by atoms with Gasteiger partial charge in [0, 0.05) is 12.6 Å². The topological polar surface area (TPSA) is 38.0 Å². The van der Waals surface area contributed by atoms with E-state index in [1.807, 2.05) is 6.08 Å². The fourth-order valence-corrected chi connectivity index (χ4v) is 2.04. The molecule has 1 atom stereocenters. The number of hydrogen-bond donors (Lipinski definition) is 2. The van der Waals surface area contributed by atoms with Crippen molar-refractivity contribution >= 4 is 0 Å². The van der Waals surface area contributed by atoms with Crippen molar-refractivity contribution in [3.05, 3.63) is 12.7 Å². The van der Waals surface area contributed by atoms with Gasteiger partial charge in [-0.3, -0.25) is 0 Å². The molecule has 0 aliphatic carbocycles. The van der Waals surface area contributed by atoms with Crippen molar-refractivity contribution < 1.29 is 0 Å². The van der Waals surface area contributed by atoms with E-state index in [9.17, 15) is 0 Å². The van der Waals surface area contributed by atoms with E-state index in [1.54, 1.807) is 0 Å². The van der Waals surface area contributed by atoms with Gasteiger partial charge in [0.2, 0.25) is 0 Å². The molecule has 0 amide bonds. The quantitative estimate of drug-likeness (QED) is 0.381. The second kappa shape index (κ2) is 13.7. The first kappa shape index (κ1) is 16.7. The minimum absolute atomic E-state index is 0.505. The van der Waals surface area contributed by atoms with Gasteiger partial charge < -0.3 is 11.1 Å². The highest BCUT2D eigenvalue weighted by atomic mass is 14.9. The lowest BCUT2D eigenvalue weighted by atomic mass is 10.1. The molecule has 3 N–H and O–H groups in total. The smallest absolute Gasteiger partial charge is 0.0190 e. The zero-order chi connectivity index (χ0) is 12.8. The molecule has 0 aliphatic rings. The van der Waals surface area contributed by atoms with Crippen LogP contribution in [0.2, 0.25) is 0 Å². The van der Waals surface area contributed by atoms with Gasteiger partial charge in [0.05, 0.1) is 0 Å². The molecule has 0 rings (SSSR count). The zero-order valence-electron chi connectivity index (χ0n) is 11.7. The van der Waals surface area contributed by atoms with Crippen molar-refractivity contribution in [3.63, 3.8) is 0 Å². The maximum atomic E-state index is 5.75.